The summed E-state index contributed by atoms with van der Waals surface area (Å²) in [5.41, 5.74) is 0.275. The van der Waals surface area contributed by atoms with E-state index in [0.717, 1.165) is 18.5 Å². The molecule has 2 fully saturated rings. The van der Waals surface area contributed by atoms with Gasteiger partial charge in [-0.1, -0.05) is 18.2 Å². The van der Waals surface area contributed by atoms with Crippen molar-refractivity contribution in [2.24, 2.45) is 11.8 Å². The van der Waals surface area contributed by atoms with Gasteiger partial charge in [-0.25, -0.2) is 9.59 Å². The maximum atomic E-state index is 13.0. The standard InChI is InChI=1S/C24H36N4O4/c1-24(2,3)32-23(31)25-17-18-9-13-27(14-10-18)21(29)19-11-15-28(16-12-19)22(30)26-20-7-5-4-6-8-20/h4-8,18-19H,9-17H2,1-3H3,(H,25,31)(H,26,30). The van der Waals surface area contributed by atoms with Crippen LogP contribution in [0.2, 0.25) is 0 Å². The van der Waals surface area contributed by atoms with E-state index in [-0.39, 0.29) is 23.9 Å². The average Bonchev–Trinajstić information content (AvgIpc) is 2.77. The van der Waals surface area contributed by atoms with Crippen molar-refractivity contribution in [1.29, 1.82) is 0 Å². The van der Waals surface area contributed by atoms with Crippen molar-refractivity contribution in [1.82, 2.24) is 15.1 Å². The van der Waals surface area contributed by atoms with Crippen LogP contribution in [-0.4, -0.2) is 66.2 Å². The van der Waals surface area contributed by atoms with Crippen LogP contribution in [0.25, 0.3) is 0 Å². The number of piperidine rings is 2. The van der Waals surface area contributed by atoms with Crippen molar-refractivity contribution >= 4 is 23.7 Å². The zero-order valence-electron chi connectivity index (χ0n) is 19.4. The molecule has 2 aliphatic heterocycles. The van der Waals surface area contributed by atoms with Crippen LogP contribution in [-0.2, 0) is 9.53 Å². The van der Waals surface area contributed by atoms with Gasteiger partial charge in [-0.05, 0) is 64.5 Å². The summed E-state index contributed by atoms with van der Waals surface area (Å²) in [5, 5.41) is 5.75. The van der Waals surface area contributed by atoms with Gasteiger partial charge in [-0.3, -0.25) is 4.79 Å². The minimum Gasteiger partial charge on any atom is -0.444 e. The molecule has 2 saturated heterocycles. The molecule has 1 aromatic carbocycles. The predicted molar refractivity (Wildman–Crippen MR) is 123 cm³/mol. The Balaban J connectivity index is 1.36. The van der Waals surface area contributed by atoms with E-state index in [2.05, 4.69) is 10.6 Å². The quantitative estimate of drug-likeness (QED) is 0.741. The highest BCUT2D eigenvalue weighted by Crippen LogP contribution is 2.24. The number of amides is 4. The Hall–Kier alpha value is -2.77. The highest BCUT2D eigenvalue weighted by molar-refractivity contribution is 5.89. The normalized spacial score (nSPS) is 18.2. The van der Waals surface area contributed by atoms with Gasteiger partial charge in [0.15, 0.2) is 0 Å². The van der Waals surface area contributed by atoms with E-state index in [1.54, 1.807) is 4.90 Å². The molecule has 0 atom stereocenters. The van der Waals surface area contributed by atoms with E-state index in [1.807, 2.05) is 56.0 Å². The molecular weight excluding hydrogens is 408 g/mol. The number of hydrogen-bond donors (Lipinski definition) is 2. The zero-order chi connectivity index (χ0) is 23.1. The van der Waals surface area contributed by atoms with Gasteiger partial charge in [-0.2, -0.15) is 0 Å². The Morgan fingerprint density at radius 1 is 0.938 bits per heavy atom. The lowest BCUT2D eigenvalue weighted by Gasteiger charge is -2.37. The number of benzene rings is 1. The molecule has 2 heterocycles. The molecule has 0 aliphatic carbocycles. The average molecular weight is 445 g/mol. The molecule has 0 bridgehead atoms. The van der Waals surface area contributed by atoms with Crippen molar-refractivity contribution in [2.75, 3.05) is 38.0 Å². The van der Waals surface area contributed by atoms with E-state index in [9.17, 15) is 14.4 Å². The van der Waals surface area contributed by atoms with Gasteiger partial charge >= 0.3 is 12.1 Å². The van der Waals surface area contributed by atoms with E-state index >= 15 is 0 Å². The fourth-order valence-electron chi connectivity index (χ4n) is 4.21. The number of rotatable bonds is 4. The van der Waals surface area contributed by atoms with Crippen LogP contribution in [0.5, 0.6) is 0 Å². The van der Waals surface area contributed by atoms with Gasteiger partial charge in [0.2, 0.25) is 5.91 Å². The van der Waals surface area contributed by atoms with E-state index in [1.165, 1.54) is 0 Å². The third kappa shape index (κ3) is 7.14. The second-order valence-electron chi connectivity index (χ2n) is 9.71. The lowest BCUT2D eigenvalue weighted by atomic mass is 9.92. The summed E-state index contributed by atoms with van der Waals surface area (Å²) in [6, 6.07) is 9.30. The third-order valence-corrected chi connectivity index (χ3v) is 6.02. The lowest BCUT2D eigenvalue weighted by molar-refractivity contribution is -0.138. The first kappa shape index (κ1) is 23.9. The second kappa shape index (κ2) is 10.7. The minimum absolute atomic E-state index is 0.0211. The topological polar surface area (TPSA) is 91.0 Å². The van der Waals surface area contributed by atoms with Gasteiger partial charge in [-0.15, -0.1) is 0 Å². The van der Waals surface area contributed by atoms with Crippen LogP contribution in [0.4, 0.5) is 15.3 Å². The molecule has 0 unspecified atom stereocenters. The molecule has 0 saturated carbocycles. The first-order chi connectivity index (χ1) is 15.2. The van der Waals surface area contributed by atoms with E-state index in [4.69, 9.17) is 4.74 Å². The number of urea groups is 1. The molecular formula is C24H36N4O4. The summed E-state index contributed by atoms with van der Waals surface area (Å²) < 4.78 is 5.28. The number of ether oxygens (including phenoxy) is 1. The number of anilines is 1. The molecule has 0 spiro atoms. The summed E-state index contributed by atoms with van der Waals surface area (Å²) in [6.45, 7) is 8.72. The number of carbonyl (C=O) groups excluding carboxylic acids is 3. The number of carbonyl (C=O) groups is 3. The summed E-state index contributed by atoms with van der Waals surface area (Å²) in [5.74, 6) is 0.536. The molecule has 2 aliphatic rings. The van der Waals surface area contributed by atoms with Crippen LogP contribution < -0.4 is 10.6 Å². The molecule has 32 heavy (non-hydrogen) atoms. The molecule has 3 rings (SSSR count). The monoisotopic (exact) mass is 444 g/mol. The summed E-state index contributed by atoms with van der Waals surface area (Å²) in [6.07, 6.45) is 2.75. The van der Waals surface area contributed by atoms with Crippen LogP contribution in [0.1, 0.15) is 46.5 Å². The lowest BCUT2D eigenvalue weighted by Crippen LogP contribution is -2.48. The van der Waals surface area contributed by atoms with Crippen molar-refractivity contribution in [3.05, 3.63) is 30.3 Å². The van der Waals surface area contributed by atoms with Crippen LogP contribution >= 0.6 is 0 Å². The number of likely N-dealkylation sites (tertiary alicyclic amines) is 2. The molecule has 0 aromatic heterocycles. The maximum Gasteiger partial charge on any atom is 0.407 e. The molecule has 0 radical (unpaired) electrons. The van der Waals surface area contributed by atoms with Gasteiger partial charge in [0.25, 0.3) is 0 Å². The highest BCUT2D eigenvalue weighted by Gasteiger charge is 2.32. The maximum absolute atomic E-state index is 13.0. The van der Waals surface area contributed by atoms with Crippen molar-refractivity contribution < 1.29 is 19.1 Å². The fraction of sp³-hybridized carbons (Fsp3) is 0.625. The number of hydrogen-bond acceptors (Lipinski definition) is 4. The molecule has 8 nitrogen and oxygen atoms in total. The summed E-state index contributed by atoms with van der Waals surface area (Å²) >= 11 is 0. The summed E-state index contributed by atoms with van der Waals surface area (Å²) in [7, 11) is 0. The molecule has 8 heteroatoms. The first-order valence-corrected chi connectivity index (χ1v) is 11.6. The highest BCUT2D eigenvalue weighted by atomic mass is 16.6. The van der Waals surface area contributed by atoms with Crippen LogP contribution in [0, 0.1) is 11.8 Å². The minimum atomic E-state index is -0.502. The number of alkyl carbamates (subject to hydrolysis) is 1. The Morgan fingerprint density at radius 3 is 2.12 bits per heavy atom. The Kier molecular flexibility index (Phi) is 7.99. The Bertz CT molecular complexity index is 777. The Labute approximate surface area is 190 Å². The van der Waals surface area contributed by atoms with Crippen LogP contribution in [0.15, 0.2) is 30.3 Å². The molecule has 2 N–H and O–H groups in total. The fourth-order valence-corrected chi connectivity index (χ4v) is 4.21. The third-order valence-electron chi connectivity index (χ3n) is 6.02. The number of nitrogens with zero attached hydrogens (tertiary/aromatic N) is 2. The van der Waals surface area contributed by atoms with E-state index < -0.39 is 5.60 Å². The van der Waals surface area contributed by atoms with Crippen molar-refractivity contribution in [3.63, 3.8) is 0 Å². The predicted octanol–water partition coefficient (Wildman–Crippen LogP) is 3.69. The van der Waals surface area contributed by atoms with Gasteiger partial charge in [0.05, 0.1) is 0 Å². The molecule has 1 aromatic rings. The van der Waals surface area contributed by atoms with Gasteiger partial charge < -0.3 is 25.2 Å². The molecule has 4 amide bonds. The van der Waals surface area contributed by atoms with Crippen molar-refractivity contribution in [2.45, 2.75) is 52.1 Å². The van der Waals surface area contributed by atoms with Gasteiger partial charge in [0.1, 0.15) is 5.60 Å². The Morgan fingerprint density at radius 2 is 1.53 bits per heavy atom. The molecule has 176 valence electrons. The van der Waals surface area contributed by atoms with Crippen LogP contribution in [0.3, 0.4) is 0 Å². The zero-order valence-corrected chi connectivity index (χ0v) is 19.4. The smallest absolute Gasteiger partial charge is 0.407 e. The number of para-hydroxylation sites is 1. The van der Waals surface area contributed by atoms with Gasteiger partial charge in [0, 0.05) is 44.3 Å². The van der Waals surface area contributed by atoms with Crippen molar-refractivity contribution in [3.8, 4) is 0 Å². The largest absolute Gasteiger partial charge is 0.444 e. The summed E-state index contributed by atoms with van der Waals surface area (Å²) in [4.78, 5) is 41.0. The van der Waals surface area contributed by atoms with E-state index in [0.29, 0.717) is 51.5 Å². The second-order valence-corrected chi connectivity index (χ2v) is 9.71. The SMILES string of the molecule is CC(C)(C)OC(=O)NCC1CCN(C(=O)C2CCN(C(=O)Nc3ccccc3)CC2)CC1. The number of nitrogens with one attached hydrogen (secondary N) is 2. The first-order valence-electron chi connectivity index (χ1n) is 11.6.